The molecule has 1 aliphatic heterocycles. The van der Waals surface area contributed by atoms with Crippen molar-refractivity contribution < 1.29 is 14.2 Å². The molecule has 1 aromatic carbocycles. The van der Waals surface area contributed by atoms with Crippen LogP contribution in [-0.2, 0) is 16.9 Å². The Balaban J connectivity index is 1.94. The standard InChI is InChI=1S/C12H11ClFN3O2/c13-10-4-2-1-3-9(10)11(6-19-11)12(14,18)5-17-8-15-7-16-17/h1-4,7-8,18H,5-6H2. The highest BCUT2D eigenvalue weighted by atomic mass is 35.5. The summed E-state index contributed by atoms with van der Waals surface area (Å²) >= 11 is 6.04. The molecule has 2 aromatic rings. The molecule has 0 amide bonds. The molecule has 0 bridgehead atoms. The Hall–Kier alpha value is -1.50. The van der Waals surface area contributed by atoms with E-state index >= 15 is 0 Å². The van der Waals surface area contributed by atoms with Gasteiger partial charge in [0.25, 0.3) is 5.85 Å². The van der Waals surface area contributed by atoms with Crippen LogP contribution in [-0.4, -0.2) is 32.3 Å². The van der Waals surface area contributed by atoms with Crippen LogP contribution in [0.1, 0.15) is 5.56 Å². The van der Waals surface area contributed by atoms with Gasteiger partial charge in [-0.3, -0.25) is 0 Å². The number of benzene rings is 1. The van der Waals surface area contributed by atoms with Gasteiger partial charge in [-0.05, 0) is 6.07 Å². The van der Waals surface area contributed by atoms with E-state index in [9.17, 15) is 9.50 Å². The van der Waals surface area contributed by atoms with Gasteiger partial charge in [0.2, 0.25) is 0 Å². The Bertz CT molecular complexity index is 584. The van der Waals surface area contributed by atoms with Crippen LogP contribution in [0.3, 0.4) is 0 Å². The van der Waals surface area contributed by atoms with Crippen molar-refractivity contribution in [1.82, 2.24) is 14.8 Å². The summed E-state index contributed by atoms with van der Waals surface area (Å²) in [5.74, 6) is -2.62. The molecular formula is C12H11ClFN3O2. The van der Waals surface area contributed by atoms with Gasteiger partial charge in [-0.1, -0.05) is 29.8 Å². The molecule has 1 saturated heterocycles. The first-order chi connectivity index (χ1) is 9.05. The van der Waals surface area contributed by atoms with E-state index in [2.05, 4.69) is 10.1 Å². The number of halogens is 2. The van der Waals surface area contributed by atoms with Crippen LogP contribution < -0.4 is 0 Å². The van der Waals surface area contributed by atoms with E-state index in [0.29, 0.717) is 10.6 Å². The van der Waals surface area contributed by atoms with Gasteiger partial charge in [0, 0.05) is 10.6 Å². The summed E-state index contributed by atoms with van der Waals surface area (Å²) in [5.41, 5.74) is -1.00. The molecule has 1 aliphatic rings. The minimum absolute atomic E-state index is 0.0679. The van der Waals surface area contributed by atoms with Crippen molar-refractivity contribution in [1.29, 1.82) is 0 Å². The van der Waals surface area contributed by atoms with E-state index in [1.807, 2.05) is 0 Å². The third-order valence-corrected chi connectivity index (χ3v) is 3.53. The molecule has 7 heteroatoms. The fraction of sp³-hybridized carbons (Fsp3) is 0.333. The van der Waals surface area contributed by atoms with E-state index in [1.165, 1.54) is 17.3 Å². The van der Waals surface area contributed by atoms with Gasteiger partial charge in [-0.2, -0.15) is 5.10 Å². The number of alkyl halides is 1. The van der Waals surface area contributed by atoms with Crippen LogP contribution in [0.25, 0.3) is 0 Å². The van der Waals surface area contributed by atoms with Crippen molar-refractivity contribution in [3.05, 3.63) is 47.5 Å². The molecule has 2 atom stereocenters. The Kier molecular flexibility index (Phi) is 2.81. The van der Waals surface area contributed by atoms with E-state index in [-0.39, 0.29) is 13.2 Å². The molecule has 0 aliphatic carbocycles. The van der Waals surface area contributed by atoms with Gasteiger partial charge in [0.05, 0.1) is 6.61 Å². The van der Waals surface area contributed by atoms with E-state index in [4.69, 9.17) is 16.3 Å². The maximum atomic E-state index is 14.6. The molecule has 0 radical (unpaired) electrons. The summed E-state index contributed by atoms with van der Waals surface area (Å²) in [6.07, 6.45) is 2.60. The topological polar surface area (TPSA) is 63.5 Å². The number of aliphatic hydroxyl groups is 1. The van der Waals surface area contributed by atoms with Crippen molar-refractivity contribution >= 4 is 11.6 Å². The zero-order chi connectivity index (χ0) is 13.5. The molecule has 0 saturated carbocycles. The third-order valence-electron chi connectivity index (χ3n) is 3.20. The molecule has 2 unspecified atom stereocenters. The number of hydrogen-bond donors (Lipinski definition) is 1. The zero-order valence-electron chi connectivity index (χ0n) is 9.83. The highest BCUT2D eigenvalue weighted by Crippen LogP contribution is 2.51. The lowest BCUT2D eigenvalue weighted by atomic mass is 9.92. The first kappa shape index (κ1) is 12.5. The van der Waals surface area contributed by atoms with E-state index < -0.39 is 11.5 Å². The first-order valence-corrected chi connectivity index (χ1v) is 6.06. The molecule has 1 aromatic heterocycles. The summed E-state index contributed by atoms with van der Waals surface area (Å²) in [7, 11) is 0. The number of nitrogens with zero attached hydrogens (tertiary/aromatic N) is 3. The number of rotatable bonds is 4. The minimum atomic E-state index is -2.62. The average molecular weight is 284 g/mol. The summed E-state index contributed by atoms with van der Waals surface area (Å²) < 4.78 is 21.1. The normalized spacial score (nSPS) is 25.0. The highest BCUT2D eigenvalue weighted by Gasteiger charge is 2.64. The van der Waals surface area contributed by atoms with Gasteiger partial charge in [-0.25, -0.2) is 14.1 Å². The van der Waals surface area contributed by atoms with Gasteiger partial charge in [0.1, 0.15) is 19.2 Å². The van der Waals surface area contributed by atoms with Crippen molar-refractivity contribution in [3.63, 3.8) is 0 Å². The van der Waals surface area contributed by atoms with Gasteiger partial charge >= 0.3 is 0 Å². The Morgan fingerprint density at radius 2 is 2.26 bits per heavy atom. The fourth-order valence-corrected chi connectivity index (χ4v) is 2.39. The third kappa shape index (κ3) is 2.01. The van der Waals surface area contributed by atoms with Crippen LogP contribution in [0.5, 0.6) is 0 Å². The van der Waals surface area contributed by atoms with E-state index in [1.54, 1.807) is 24.3 Å². The van der Waals surface area contributed by atoms with Crippen molar-refractivity contribution in [2.24, 2.45) is 0 Å². The predicted molar refractivity (Wildman–Crippen MR) is 65.2 cm³/mol. The number of epoxide rings is 1. The SMILES string of the molecule is OC(F)(Cn1cncn1)C1(c2ccccc2Cl)CO1. The Morgan fingerprint density at radius 3 is 2.84 bits per heavy atom. The van der Waals surface area contributed by atoms with Crippen LogP contribution >= 0.6 is 11.6 Å². The number of aromatic nitrogens is 3. The van der Waals surface area contributed by atoms with Crippen LogP contribution in [0.15, 0.2) is 36.9 Å². The highest BCUT2D eigenvalue weighted by molar-refractivity contribution is 6.31. The van der Waals surface area contributed by atoms with E-state index in [0.717, 1.165) is 0 Å². The lowest BCUT2D eigenvalue weighted by Gasteiger charge is -2.26. The molecule has 2 heterocycles. The molecule has 1 fully saturated rings. The monoisotopic (exact) mass is 283 g/mol. The molecule has 3 rings (SSSR count). The molecule has 0 spiro atoms. The summed E-state index contributed by atoms with van der Waals surface area (Å²) in [6, 6.07) is 6.72. The molecule has 1 N–H and O–H groups in total. The Morgan fingerprint density at radius 1 is 1.53 bits per heavy atom. The van der Waals surface area contributed by atoms with Crippen LogP contribution in [0.2, 0.25) is 5.02 Å². The zero-order valence-corrected chi connectivity index (χ0v) is 10.6. The summed E-state index contributed by atoms with van der Waals surface area (Å²) in [5, 5.41) is 14.2. The molecule has 100 valence electrons. The van der Waals surface area contributed by atoms with Crippen LogP contribution in [0, 0.1) is 0 Å². The quantitative estimate of drug-likeness (QED) is 0.864. The first-order valence-electron chi connectivity index (χ1n) is 5.68. The maximum absolute atomic E-state index is 14.6. The van der Waals surface area contributed by atoms with Gasteiger partial charge < -0.3 is 9.84 Å². The number of ether oxygens (including phenoxy) is 1. The fourth-order valence-electron chi connectivity index (χ4n) is 2.10. The lowest BCUT2D eigenvalue weighted by molar-refractivity contribution is -0.161. The largest absolute Gasteiger partial charge is 0.358 e. The molecular weight excluding hydrogens is 273 g/mol. The second kappa shape index (κ2) is 4.26. The van der Waals surface area contributed by atoms with Crippen molar-refractivity contribution in [2.45, 2.75) is 18.0 Å². The predicted octanol–water partition coefficient (Wildman–Crippen LogP) is 1.52. The Labute approximate surface area is 113 Å². The van der Waals surface area contributed by atoms with Crippen molar-refractivity contribution in [3.8, 4) is 0 Å². The summed E-state index contributed by atoms with van der Waals surface area (Å²) in [6.45, 7) is -0.309. The van der Waals surface area contributed by atoms with Gasteiger partial charge in [0.15, 0.2) is 5.60 Å². The van der Waals surface area contributed by atoms with Crippen molar-refractivity contribution in [2.75, 3.05) is 6.61 Å². The van der Waals surface area contributed by atoms with Crippen LogP contribution in [0.4, 0.5) is 4.39 Å². The second-order valence-electron chi connectivity index (χ2n) is 4.45. The lowest BCUT2D eigenvalue weighted by Crippen LogP contribution is -2.43. The molecule has 19 heavy (non-hydrogen) atoms. The second-order valence-corrected chi connectivity index (χ2v) is 4.86. The smallest absolute Gasteiger partial charge is 0.262 e. The number of hydrogen-bond acceptors (Lipinski definition) is 4. The average Bonchev–Trinajstić information content (AvgIpc) is 3.04. The van der Waals surface area contributed by atoms with Gasteiger partial charge in [-0.15, -0.1) is 0 Å². The maximum Gasteiger partial charge on any atom is 0.262 e. The summed E-state index contributed by atoms with van der Waals surface area (Å²) in [4.78, 5) is 3.71. The minimum Gasteiger partial charge on any atom is -0.358 e. The molecule has 5 nitrogen and oxygen atoms in total.